The number of para-hydroxylation sites is 1. The Bertz CT molecular complexity index is 824. The molecule has 0 fully saturated rings. The predicted molar refractivity (Wildman–Crippen MR) is 73.2 cm³/mol. The van der Waals surface area contributed by atoms with E-state index in [2.05, 4.69) is 9.97 Å². The maximum atomic E-state index is 13.6. The Morgan fingerprint density at radius 3 is 2.80 bits per heavy atom. The molecule has 5 heteroatoms. The number of carbonyl (C=O) groups is 1. The lowest BCUT2D eigenvalue weighted by molar-refractivity contribution is 0.0699. The van der Waals surface area contributed by atoms with E-state index in [-0.39, 0.29) is 11.4 Å². The summed E-state index contributed by atoms with van der Waals surface area (Å²) < 4.78 is 13.6. The van der Waals surface area contributed by atoms with Gasteiger partial charge in [-0.25, -0.2) is 14.2 Å². The molecule has 1 aromatic heterocycles. The van der Waals surface area contributed by atoms with E-state index in [1.807, 2.05) is 0 Å². The lowest BCUT2D eigenvalue weighted by atomic mass is 10.1. The van der Waals surface area contributed by atoms with Crippen molar-refractivity contribution in [2.45, 2.75) is 6.92 Å². The fourth-order valence-electron chi connectivity index (χ4n) is 2.08. The van der Waals surface area contributed by atoms with E-state index >= 15 is 0 Å². The second kappa shape index (κ2) is 4.45. The third kappa shape index (κ3) is 1.93. The van der Waals surface area contributed by atoms with Crippen LogP contribution in [0.2, 0.25) is 0 Å². The van der Waals surface area contributed by atoms with Crippen LogP contribution in [0.15, 0.2) is 36.4 Å². The van der Waals surface area contributed by atoms with E-state index < -0.39 is 5.97 Å². The standard InChI is InChI=1S/C15H11FN2O2/c1-8-5-6-9(7-11(8)16)14-17-12-4-2-3-10(15(19)20)13(12)18-14/h2-7H,1H3,(H,17,18)(H,19,20). The van der Waals surface area contributed by atoms with Crippen LogP contribution in [0.3, 0.4) is 0 Å². The van der Waals surface area contributed by atoms with Gasteiger partial charge in [-0.15, -0.1) is 0 Å². The maximum Gasteiger partial charge on any atom is 0.337 e. The van der Waals surface area contributed by atoms with Gasteiger partial charge in [-0.3, -0.25) is 0 Å². The number of aromatic nitrogens is 2. The van der Waals surface area contributed by atoms with Crippen LogP contribution in [0.5, 0.6) is 0 Å². The minimum atomic E-state index is -1.04. The van der Waals surface area contributed by atoms with Crippen LogP contribution >= 0.6 is 0 Å². The Labute approximate surface area is 113 Å². The van der Waals surface area contributed by atoms with E-state index in [9.17, 15) is 9.18 Å². The molecule has 0 saturated carbocycles. The first-order valence-electron chi connectivity index (χ1n) is 6.05. The summed E-state index contributed by atoms with van der Waals surface area (Å²) in [7, 11) is 0. The lowest BCUT2D eigenvalue weighted by Crippen LogP contribution is -1.96. The molecular formula is C15H11FN2O2. The number of aryl methyl sites for hydroxylation is 1. The summed E-state index contributed by atoms with van der Waals surface area (Å²) in [5.41, 5.74) is 2.24. The molecule has 20 heavy (non-hydrogen) atoms. The molecule has 0 saturated heterocycles. The van der Waals surface area contributed by atoms with Crippen LogP contribution in [0.4, 0.5) is 4.39 Å². The summed E-state index contributed by atoms with van der Waals surface area (Å²) >= 11 is 0. The smallest absolute Gasteiger partial charge is 0.337 e. The average molecular weight is 270 g/mol. The van der Waals surface area contributed by atoms with Gasteiger partial charge in [0.25, 0.3) is 0 Å². The van der Waals surface area contributed by atoms with Gasteiger partial charge in [0.05, 0.1) is 11.1 Å². The number of rotatable bonds is 2. The Morgan fingerprint density at radius 1 is 1.30 bits per heavy atom. The molecule has 1 heterocycles. The third-order valence-corrected chi connectivity index (χ3v) is 3.19. The molecule has 100 valence electrons. The van der Waals surface area contributed by atoms with Crippen molar-refractivity contribution in [1.29, 1.82) is 0 Å². The lowest BCUT2D eigenvalue weighted by Gasteiger charge is -1.99. The minimum Gasteiger partial charge on any atom is -0.478 e. The van der Waals surface area contributed by atoms with Gasteiger partial charge in [0, 0.05) is 5.56 Å². The van der Waals surface area contributed by atoms with Crippen LogP contribution in [0.25, 0.3) is 22.4 Å². The SMILES string of the molecule is Cc1ccc(-c2nc3c(C(=O)O)cccc3[nH]2)cc1F. The molecule has 2 aromatic carbocycles. The molecule has 2 N–H and O–H groups in total. The van der Waals surface area contributed by atoms with Crippen LogP contribution in [-0.4, -0.2) is 21.0 Å². The van der Waals surface area contributed by atoms with Crippen LogP contribution in [0, 0.1) is 12.7 Å². The summed E-state index contributed by atoms with van der Waals surface area (Å²) in [6.07, 6.45) is 0. The topological polar surface area (TPSA) is 66.0 Å². The van der Waals surface area contributed by atoms with E-state index in [0.717, 1.165) is 0 Å². The molecule has 0 amide bonds. The number of H-pyrrole nitrogens is 1. The number of hydrogen-bond donors (Lipinski definition) is 2. The molecule has 0 aliphatic rings. The molecule has 0 atom stereocenters. The van der Waals surface area contributed by atoms with Crippen LogP contribution in [0.1, 0.15) is 15.9 Å². The monoisotopic (exact) mass is 270 g/mol. The zero-order valence-corrected chi connectivity index (χ0v) is 10.6. The van der Waals surface area contributed by atoms with Crippen molar-refractivity contribution < 1.29 is 14.3 Å². The summed E-state index contributed by atoms with van der Waals surface area (Å²) in [6, 6.07) is 9.66. The van der Waals surface area contributed by atoms with Crippen molar-refractivity contribution in [2.24, 2.45) is 0 Å². The van der Waals surface area contributed by atoms with E-state index in [0.29, 0.717) is 28.0 Å². The molecule has 0 radical (unpaired) electrons. The average Bonchev–Trinajstić information content (AvgIpc) is 2.85. The molecule has 3 aromatic rings. The molecule has 0 aliphatic heterocycles. The molecule has 0 aliphatic carbocycles. The van der Waals surface area contributed by atoms with Gasteiger partial charge in [-0.05, 0) is 30.7 Å². The minimum absolute atomic E-state index is 0.123. The highest BCUT2D eigenvalue weighted by Crippen LogP contribution is 2.24. The fraction of sp³-hybridized carbons (Fsp3) is 0.0667. The van der Waals surface area contributed by atoms with Crippen molar-refractivity contribution in [2.75, 3.05) is 0 Å². The predicted octanol–water partition coefficient (Wildman–Crippen LogP) is 3.38. The number of hydrogen-bond acceptors (Lipinski definition) is 2. The number of imidazole rings is 1. The molecular weight excluding hydrogens is 259 g/mol. The van der Waals surface area contributed by atoms with E-state index in [1.54, 1.807) is 31.2 Å². The van der Waals surface area contributed by atoms with Gasteiger partial charge in [-0.1, -0.05) is 18.2 Å². The number of carboxylic acid groups (broad SMARTS) is 1. The van der Waals surface area contributed by atoms with Gasteiger partial charge >= 0.3 is 5.97 Å². The second-order valence-electron chi connectivity index (χ2n) is 4.56. The Kier molecular flexibility index (Phi) is 2.75. The Balaban J connectivity index is 2.20. The van der Waals surface area contributed by atoms with Crippen molar-refractivity contribution in [3.63, 3.8) is 0 Å². The first kappa shape index (κ1) is 12.3. The number of nitrogens with zero attached hydrogens (tertiary/aromatic N) is 1. The first-order chi connectivity index (χ1) is 9.56. The number of fused-ring (bicyclic) bond motifs is 1. The summed E-state index contributed by atoms with van der Waals surface area (Å²) in [5, 5.41) is 9.13. The summed E-state index contributed by atoms with van der Waals surface area (Å²) in [5.74, 6) is -0.905. The van der Waals surface area contributed by atoms with Crippen LogP contribution < -0.4 is 0 Å². The number of nitrogens with one attached hydrogen (secondary N) is 1. The van der Waals surface area contributed by atoms with Gasteiger partial charge < -0.3 is 10.1 Å². The number of aromatic carboxylic acids is 1. The highest BCUT2D eigenvalue weighted by molar-refractivity contribution is 6.01. The third-order valence-electron chi connectivity index (χ3n) is 3.19. The van der Waals surface area contributed by atoms with Gasteiger partial charge in [-0.2, -0.15) is 0 Å². The molecule has 0 bridgehead atoms. The number of aromatic amines is 1. The van der Waals surface area contributed by atoms with Crippen LogP contribution in [-0.2, 0) is 0 Å². The van der Waals surface area contributed by atoms with Crippen molar-refractivity contribution in [3.05, 3.63) is 53.3 Å². The molecule has 4 nitrogen and oxygen atoms in total. The normalized spacial score (nSPS) is 10.9. The summed E-state index contributed by atoms with van der Waals surface area (Å²) in [4.78, 5) is 18.4. The van der Waals surface area contributed by atoms with Crippen molar-refractivity contribution in [3.8, 4) is 11.4 Å². The molecule has 3 rings (SSSR count). The van der Waals surface area contributed by atoms with E-state index in [4.69, 9.17) is 5.11 Å². The van der Waals surface area contributed by atoms with Gasteiger partial charge in [0.15, 0.2) is 0 Å². The first-order valence-corrected chi connectivity index (χ1v) is 6.05. The van der Waals surface area contributed by atoms with Gasteiger partial charge in [0.2, 0.25) is 0 Å². The highest BCUT2D eigenvalue weighted by atomic mass is 19.1. The number of carboxylic acids is 1. The number of halogens is 1. The second-order valence-corrected chi connectivity index (χ2v) is 4.56. The Morgan fingerprint density at radius 2 is 2.10 bits per heavy atom. The van der Waals surface area contributed by atoms with Crippen molar-refractivity contribution >= 4 is 17.0 Å². The quantitative estimate of drug-likeness (QED) is 0.750. The van der Waals surface area contributed by atoms with Crippen molar-refractivity contribution in [1.82, 2.24) is 9.97 Å². The summed E-state index contributed by atoms with van der Waals surface area (Å²) in [6.45, 7) is 1.68. The Hall–Kier alpha value is -2.69. The van der Waals surface area contributed by atoms with E-state index in [1.165, 1.54) is 12.1 Å². The fourth-order valence-corrected chi connectivity index (χ4v) is 2.08. The number of benzene rings is 2. The zero-order valence-electron chi connectivity index (χ0n) is 10.6. The maximum absolute atomic E-state index is 13.6. The van der Waals surface area contributed by atoms with Gasteiger partial charge in [0.1, 0.15) is 17.2 Å². The molecule has 0 unspecified atom stereocenters. The highest BCUT2D eigenvalue weighted by Gasteiger charge is 2.13. The largest absolute Gasteiger partial charge is 0.478 e. The zero-order chi connectivity index (χ0) is 14.3. The molecule has 0 spiro atoms.